The second kappa shape index (κ2) is 5.03. The SMILES string of the molecule is CNCc1nc(-c2ccc3nc(C)[nH]c3c2)c(Br)n1C. The van der Waals surface area contributed by atoms with Crippen molar-refractivity contribution < 1.29 is 0 Å². The van der Waals surface area contributed by atoms with Gasteiger partial charge in [-0.25, -0.2) is 9.97 Å². The van der Waals surface area contributed by atoms with Crippen LogP contribution in [-0.2, 0) is 13.6 Å². The van der Waals surface area contributed by atoms with Crippen molar-refractivity contribution in [2.24, 2.45) is 7.05 Å². The molecule has 0 bridgehead atoms. The van der Waals surface area contributed by atoms with Gasteiger partial charge in [0.2, 0.25) is 0 Å². The molecule has 0 radical (unpaired) electrons. The van der Waals surface area contributed by atoms with Crippen LogP contribution >= 0.6 is 15.9 Å². The maximum absolute atomic E-state index is 4.70. The van der Waals surface area contributed by atoms with Crippen molar-refractivity contribution in [1.82, 2.24) is 24.8 Å². The molecule has 0 aliphatic rings. The first-order valence-electron chi connectivity index (χ1n) is 6.42. The number of hydrogen-bond acceptors (Lipinski definition) is 3. The van der Waals surface area contributed by atoms with Crippen LogP contribution in [-0.4, -0.2) is 26.6 Å². The molecule has 2 heterocycles. The second-order valence-electron chi connectivity index (χ2n) is 4.81. The smallest absolute Gasteiger partial charge is 0.124 e. The summed E-state index contributed by atoms with van der Waals surface area (Å²) in [6.45, 7) is 2.70. The van der Waals surface area contributed by atoms with Crippen LogP contribution in [0.4, 0.5) is 0 Å². The molecule has 6 heteroatoms. The van der Waals surface area contributed by atoms with E-state index in [1.54, 1.807) is 0 Å². The van der Waals surface area contributed by atoms with Crippen molar-refractivity contribution in [2.45, 2.75) is 13.5 Å². The average molecular weight is 334 g/mol. The Morgan fingerprint density at radius 2 is 2.15 bits per heavy atom. The van der Waals surface area contributed by atoms with Gasteiger partial charge in [-0.1, -0.05) is 6.07 Å². The summed E-state index contributed by atoms with van der Waals surface area (Å²) in [6, 6.07) is 6.16. The van der Waals surface area contributed by atoms with Crippen LogP contribution in [0.25, 0.3) is 22.3 Å². The van der Waals surface area contributed by atoms with Gasteiger partial charge in [0.25, 0.3) is 0 Å². The third-order valence-electron chi connectivity index (χ3n) is 3.33. The first-order chi connectivity index (χ1) is 9.60. The van der Waals surface area contributed by atoms with Gasteiger partial charge in [0, 0.05) is 12.6 Å². The highest BCUT2D eigenvalue weighted by atomic mass is 79.9. The molecule has 1 aromatic carbocycles. The first-order valence-corrected chi connectivity index (χ1v) is 7.22. The predicted molar refractivity (Wildman–Crippen MR) is 83.5 cm³/mol. The van der Waals surface area contributed by atoms with E-state index in [4.69, 9.17) is 4.98 Å². The van der Waals surface area contributed by atoms with E-state index in [0.29, 0.717) is 0 Å². The summed E-state index contributed by atoms with van der Waals surface area (Å²) in [5, 5.41) is 3.13. The summed E-state index contributed by atoms with van der Waals surface area (Å²) in [7, 11) is 3.92. The van der Waals surface area contributed by atoms with Crippen molar-refractivity contribution in [3.63, 3.8) is 0 Å². The Hall–Kier alpha value is -1.66. The highest BCUT2D eigenvalue weighted by Crippen LogP contribution is 2.29. The summed E-state index contributed by atoms with van der Waals surface area (Å²) in [6.07, 6.45) is 0. The Kier molecular flexibility index (Phi) is 3.35. The standard InChI is InChI=1S/C14H16BrN5/c1-8-17-10-5-4-9(6-11(10)18-8)13-14(15)20(3)12(19-13)7-16-2/h4-6,16H,7H2,1-3H3,(H,17,18). The molecule has 0 atom stereocenters. The summed E-state index contributed by atoms with van der Waals surface area (Å²) >= 11 is 3.62. The minimum Gasteiger partial charge on any atom is -0.342 e. The number of imidazole rings is 2. The number of hydrogen-bond donors (Lipinski definition) is 2. The molecule has 0 aliphatic carbocycles. The molecule has 5 nitrogen and oxygen atoms in total. The van der Waals surface area contributed by atoms with Crippen molar-refractivity contribution in [1.29, 1.82) is 0 Å². The van der Waals surface area contributed by atoms with E-state index >= 15 is 0 Å². The minimum atomic E-state index is 0.737. The lowest BCUT2D eigenvalue weighted by Gasteiger charge is -2.00. The first kappa shape index (κ1) is 13.3. The van der Waals surface area contributed by atoms with Crippen molar-refractivity contribution in [3.05, 3.63) is 34.5 Å². The molecular weight excluding hydrogens is 318 g/mol. The zero-order chi connectivity index (χ0) is 14.3. The molecule has 0 saturated heterocycles. The van der Waals surface area contributed by atoms with Gasteiger partial charge in [0.15, 0.2) is 0 Å². The molecule has 0 amide bonds. The number of halogens is 1. The van der Waals surface area contributed by atoms with Crippen molar-refractivity contribution in [3.8, 4) is 11.3 Å². The Morgan fingerprint density at radius 3 is 2.90 bits per heavy atom. The Bertz CT molecular complexity index is 771. The minimum absolute atomic E-state index is 0.737. The van der Waals surface area contributed by atoms with E-state index in [0.717, 1.165) is 45.1 Å². The molecule has 3 aromatic rings. The van der Waals surface area contributed by atoms with Gasteiger partial charge < -0.3 is 14.9 Å². The highest BCUT2D eigenvalue weighted by molar-refractivity contribution is 9.10. The molecule has 3 rings (SSSR count). The Balaban J connectivity index is 2.12. The summed E-state index contributed by atoms with van der Waals surface area (Å²) in [4.78, 5) is 12.4. The number of rotatable bonds is 3. The Morgan fingerprint density at radius 1 is 1.35 bits per heavy atom. The maximum Gasteiger partial charge on any atom is 0.124 e. The van der Waals surface area contributed by atoms with E-state index in [1.807, 2.05) is 31.7 Å². The fraction of sp³-hybridized carbons (Fsp3) is 0.286. The number of fused-ring (bicyclic) bond motifs is 1. The van der Waals surface area contributed by atoms with Crippen LogP contribution in [0.2, 0.25) is 0 Å². The van der Waals surface area contributed by atoms with Gasteiger partial charge in [0.1, 0.15) is 21.9 Å². The lowest BCUT2D eigenvalue weighted by atomic mass is 10.1. The lowest BCUT2D eigenvalue weighted by molar-refractivity contribution is 0.704. The normalized spacial score (nSPS) is 11.4. The fourth-order valence-corrected chi connectivity index (χ4v) is 2.83. The molecule has 2 aromatic heterocycles. The van der Waals surface area contributed by atoms with Gasteiger partial charge in [0.05, 0.1) is 17.6 Å². The number of nitrogens with zero attached hydrogens (tertiary/aromatic N) is 3. The van der Waals surface area contributed by atoms with E-state index in [2.05, 4.69) is 43.3 Å². The predicted octanol–water partition coefficient (Wildman–Crippen LogP) is 2.75. The van der Waals surface area contributed by atoms with Crippen LogP contribution in [0.15, 0.2) is 22.8 Å². The monoisotopic (exact) mass is 333 g/mol. The number of aromatic nitrogens is 4. The Labute approximate surface area is 125 Å². The van der Waals surface area contributed by atoms with Crippen LogP contribution < -0.4 is 5.32 Å². The molecule has 2 N–H and O–H groups in total. The van der Waals surface area contributed by atoms with Gasteiger partial charge >= 0.3 is 0 Å². The number of H-pyrrole nitrogens is 1. The number of aromatic amines is 1. The van der Waals surface area contributed by atoms with Gasteiger partial charge in [-0.2, -0.15) is 0 Å². The molecule has 0 saturated carbocycles. The number of benzene rings is 1. The lowest BCUT2D eigenvalue weighted by Crippen LogP contribution is -2.10. The summed E-state index contributed by atoms with van der Waals surface area (Å²) in [5.41, 5.74) is 4.04. The van der Waals surface area contributed by atoms with E-state index < -0.39 is 0 Å². The summed E-state index contributed by atoms with van der Waals surface area (Å²) < 4.78 is 3.03. The molecule has 20 heavy (non-hydrogen) atoms. The van der Waals surface area contributed by atoms with Crippen LogP contribution in [0.3, 0.4) is 0 Å². The van der Waals surface area contributed by atoms with Crippen LogP contribution in [0.5, 0.6) is 0 Å². The molecule has 0 unspecified atom stereocenters. The summed E-state index contributed by atoms with van der Waals surface area (Å²) in [5.74, 6) is 1.92. The number of aryl methyl sites for hydroxylation is 1. The molecule has 0 aliphatic heterocycles. The van der Waals surface area contributed by atoms with Crippen LogP contribution in [0.1, 0.15) is 11.6 Å². The van der Waals surface area contributed by atoms with Crippen molar-refractivity contribution >= 4 is 27.0 Å². The quantitative estimate of drug-likeness (QED) is 0.774. The second-order valence-corrected chi connectivity index (χ2v) is 5.56. The molecular formula is C14H16BrN5. The third kappa shape index (κ3) is 2.14. The molecule has 104 valence electrons. The maximum atomic E-state index is 4.70. The van der Waals surface area contributed by atoms with Gasteiger partial charge in [-0.05, 0) is 42.0 Å². The topological polar surface area (TPSA) is 58.5 Å². The van der Waals surface area contributed by atoms with E-state index in [-0.39, 0.29) is 0 Å². The average Bonchev–Trinajstić information content (AvgIpc) is 2.92. The van der Waals surface area contributed by atoms with E-state index in [9.17, 15) is 0 Å². The molecule has 0 spiro atoms. The van der Waals surface area contributed by atoms with Crippen LogP contribution in [0, 0.1) is 6.92 Å². The van der Waals surface area contributed by atoms with Gasteiger partial charge in [-0.15, -0.1) is 0 Å². The fourth-order valence-electron chi connectivity index (χ4n) is 2.31. The number of nitrogens with one attached hydrogen (secondary N) is 2. The molecule has 0 fully saturated rings. The highest BCUT2D eigenvalue weighted by Gasteiger charge is 2.14. The van der Waals surface area contributed by atoms with Gasteiger partial charge in [-0.3, -0.25) is 0 Å². The zero-order valence-electron chi connectivity index (χ0n) is 11.7. The van der Waals surface area contributed by atoms with E-state index in [1.165, 1.54) is 0 Å². The third-order valence-corrected chi connectivity index (χ3v) is 4.23. The largest absolute Gasteiger partial charge is 0.342 e. The van der Waals surface area contributed by atoms with Crippen molar-refractivity contribution in [2.75, 3.05) is 7.05 Å². The zero-order valence-corrected chi connectivity index (χ0v) is 13.2.